The Kier molecular flexibility index (Phi) is 41.2. The first kappa shape index (κ1) is 57.8. The summed E-state index contributed by atoms with van der Waals surface area (Å²) in [4.78, 5) is 27.8. The van der Waals surface area contributed by atoms with E-state index in [1.165, 1.54) is 101 Å². The molecule has 10 heteroatoms. The van der Waals surface area contributed by atoms with Crippen molar-refractivity contribution >= 4 is 22.1 Å². The van der Waals surface area contributed by atoms with Gasteiger partial charge in [-0.2, -0.15) is 12.7 Å². The van der Waals surface area contributed by atoms with E-state index >= 15 is 0 Å². The second-order valence-corrected chi connectivity index (χ2v) is 19.7. The van der Waals surface area contributed by atoms with Crippen LogP contribution < -0.4 is 4.72 Å². The lowest BCUT2D eigenvalue weighted by Gasteiger charge is -2.23. The van der Waals surface area contributed by atoms with Gasteiger partial charge in [-0.1, -0.05) is 163 Å². The van der Waals surface area contributed by atoms with Gasteiger partial charge in [-0.3, -0.25) is 9.59 Å². The van der Waals surface area contributed by atoms with Crippen molar-refractivity contribution in [1.82, 2.24) is 13.9 Å². The van der Waals surface area contributed by atoms with Gasteiger partial charge in [-0.15, -0.1) is 0 Å². The van der Waals surface area contributed by atoms with Gasteiger partial charge in [0.15, 0.2) is 0 Å². The summed E-state index contributed by atoms with van der Waals surface area (Å²) in [6, 6.07) is 0. The molecule has 1 N–H and O–H groups in total. The number of hydrogen-bond donors (Lipinski definition) is 1. The van der Waals surface area contributed by atoms with Gasteiger partial charge in [0.2, 0.25) is 0 Å². The van der Waals surface area contributed by atoms with Crippen molar-refractivity contribution in [1.29, 1.82) is 0 Å². The maximum atomic E-state index is 12.8. The number of esters is 2. The standard InChI is InChI=1S/C49H99N3O6S/c1-7-11-14-17-22-29-37-46(10-4)57-48(53)40-32-25-20-27-34-43-52(45-36-42-50-59(55,56)51(5)6)44-35-28-21-26-33-41-49(54)58-47(38-30-23-18-15-12-8-2)39-31-24-19-16-13-9-3/h46-47,50H,7-45H2,1-6H3. The van der Waals surface area contributed by atoms with Gasteiger partial charge in [0, 0.05) is 33.5 Å². The molecule has 0 bridgehead atoms. The molecule has 0 aromatic rings. The zero-order valence-electron chi connectivity index (χ0n) is 40.0. The molecule has 0 saturated heterocycles. The SMILES string of the molecule is CCCCCCCCC(CC)OC(=O)CCCCCCCN(CCCCCCCC(=O)OC(CCCCCCCC)CCCCCCCC)CCCNS(=O)(=O)N(C)C. The van der Waals surface area contributed by atoms with Crippen LogP contribution in [0.5, 0.6) is 0 Å². The molecule has 59 heavy (non-hydrogen) atoms. The molecule has 1 atom stereocenters. The Hall–Kier alpha value is -1.23. The van der Waals surface area contributed by atoms with Crippen molar-refractivity contribution in [3.63, 3.8) is 0 Å². The molecule has 0 aromatic heterocycles. The van der Waals surface area contributed by atoms with Crippen LogP contribution in [0.4, 0.5) is 0 Å². The molecular weight excluding hydrogens is 759 g/mol. The third-order valence-electron chi connectivity index (χ3n) is 11.8. The fraction of sp³-hybridized carbons (Fsp3) is 0.959. The summed E-state index contributed by atoms with van der Waals surface area (Å²) in [5.41, 5.74) is 0. The molecule has 0 fully saturated rings. The summed E-state index contributed by atoms with van der Waals surface area (Å²) < 4.78 is 40.1. The lowest BCUT2D eigenvalue weighted by molar-refractivity contribution is -0.150. The molecule has 0 aliphatic carbocycles. The first-order valence-corrected chi connectivity index (χ1v) is 26.8. The van der Waals surface area contributed by atoms with Crippen molar-refractivity contribution in [2.75, 3.05) is 40.3 Å². The lowest BCUT2D eigenvalue weighted by atomic mass is 10.0. The van der Waals surface area contributed by atoms with E-state index in [4.69, 9.17) is 9.47 Å². The van der Waals surface area contributed by atoms with Gasteiger partial charge in [0.05, 0.1) is 0 Å². The summed E-state index contributed by atoms with van der Waals surface area (Å²) in [5, 5.41) is 0. The van der Waals surface area contributed by atoms with E-state index in [1.54, 1.807) is 14.1 Å². The van der Waals surface area contributed by atoms with Gasteiger partial charge in [0.25, 0.3) is 10.2 Å². The molecule has 0 saturated carbocycles. The first-order chi connectivity index (χ1) is 28.6. The fourth-order valence-electron chi connectivity index (χ4n) is 7.79. The molecule has 0 spiro atoms. The molecule has 0 aliphatic heterocycles. The molecule has 1 unspecified atom stereocenters. The van der Waals surface area contributed by atoms with Crippen LogP contribution in [-0.4, -0.2) is 82.0 Å². The number of rotatable bonds is 46. The first-order valence-electron chi connectivity index (χ1n) is 25.4. The predicted molar refractivity (Wildman–Crippen MR) is 251 cm³/mol. The highest BCUT2D eigenvalue weighted by Crippen LogP contribution is 2.19. The number of carbonyl (C=O) groups excluding carboxylic acids is 2. The monoisotopic (exact) mass is 858 g/mol. The summed E-state index contributed by atoms with van der Waals surface area (Å²) in [6.07, 6.45) is 39.2. The zero-order chi connectivity index (χ0) is 43.7. The minimum Gasteiger partial charge on any atom is -0.462 e. The second kappa shape index (κ2) is 42.1. The van der Waals surface area contributed by atoms with E-state index in [9.17, 15) is 18.0 Å². The Labute approximate surface area is 367 Å². The van der Waals surface area contributed by atoms with Crippen molar-refractivity contribution in [3.8, 4) is 0 Å². The molecule has 352 valence electrons. The van der Waals surface area contributed by atoms with E-state index in [0.717, 1.165) is 135 Å². The number of nitrogens with one attached hydrogen (secondary N) is 1. The van der Waals surface area contributed by atoms with Crippen LogP contribution in [-0.2, 0) is 29.3 Å². The quantitative estimate of drug-likeness (QED) is 0.0480. The van der Waals surface area contributed by atoms with Crippen molar-refractivity contribution in [3.05, 3.63) is 0 Å². The highest BCUT2D eigenvalue weighted by Gasteiger charge is 2.16. The average molecular weight is 858 g/mol. The molecule has 0 aromatic carbocycles. The Bertz CT molecular complexity index is 1030. The number of hydrogen-bond acceptors (Lipinski definition) is 7. The third-order valence-corrected chi connectivity index (χ3v) is 13.3. The van der Waals surface area contributed by atoms with Crippen LogP contribution in [0, 0.1) is 0 Å². The maximum absolute atomic E-state index is 12.8. The van der Waals surface area contributed by atoms with Crippen LogP contribution in [0.25, 0.3) is 0 Å². The van der Waals surface area contributed by atoms with E-state index in [-0.39, 0.29) is 24.1 Å². The normalized spacial score (nSPS) is 12.6. The third kappa shape index (κ3) is 38.2. The average Bonchev–Trinajstić information content (AvgIpc) is 3.21. The summed E-state index contributed by atoms with van der Waals surface area (Å²) >= 11 is 0. The predicted octanol–water partition coefficient (Wildman–Crippen LogP) is 13.2. The van der Waals surface area contributed by atoms with E-state index in [2.05, 4.69) is 37.3 Å². The summed E-state index contributed by atoms with van der Waals surface area (Å²) in [6.45, 7) is 12.2. The Morgan fingerprint density at radius 1 is 0.458 bits per heavy atom. The van der Waals surface area contributed by atoms with Gasteiger partial charge < -0.3 is 14.4 Å². The van der Waals surface area contributed by atoms with Crippen LogP contribution >= 0.6 is 0 Å². The Balaban J connectivity index is 4.53. The summed E-state index contributed by atoms with van der Waals surface area (Å²) in [7, 11) is -0.317. The minimum absolute atomic E-state index is 0.00750. The molecule has 0 radical (unpaired) electrons. The van der Waals surface area contributed by atoms with Gasteiger partial charge in [0.1, 0.15) is 12.2 Å². The van der Waals surface area contributed by atoms with Crippen LogP contribution in [0.3, 0.4) is 0 Å². The molecule has 0 amide bonds. The van der Waals surface area contributed by atoms with Gasteiger partial charge in [-0.05, 0) is 96.7 Å². The van der Waals surface area contributed by atoms with Crippen molar-refractivity contribution in [2.45, 2.75) is 265 Å². The molecule has 0 rings (SSSR count). The van der Waals surface area contributed by atoms with Gasteiger partial charge >= 0.3 is 11.9 Å². The molecule has 0 heterocycles. The van der Waals surface area contributed by atoms with Crippen molar-refractivity contribution < 1.29 is 27.5 Å². The highest BCUT2D eigenvalue weighted by molar-refractivity contribution is 7.87. The minimum atomic E-state index is -3.41. The fourth-order valence-corrected chi connectivity index (χ4v) is 8.45. The van der Waals surface area contributed by atoms with Crippen LogP contribution in [0.1, 0.15) is 252 Å². The largest absolute Gasteiger partial charge is 0.462 e. The number of unbranched alkanes of at least 4 members (excludes halogenated alkanes) is 23. The van der Waals surface area contributed by atoms with Gasteiger partial charge in [-0.25, -0.2) is 4.72 Å². The number of ether oxygens (including phenoxy) is 2. The smallest absolute Gasteiger partial charge is 0.306 e. The van der Waals surface area contributed by atoms with E-state index in [1.807, 2.05) is 0 Å². The molecular formula is C49H99N3O6S. The van der Waals surface area contributed by atoms with Crippen LogP contribution in [0.15, 0.2) is 0 Å². The van der Waals surface area contributed by atoms with E-state index < -0.39 is 10.2 Å². The maximum Gasteiger partial charge on any atom is 0.306 e. The second-order valence-electron chi connectivity index (χ2n) is 17.7. The molecule has 9 nitrogen and oxygen atoms in total. The summed E-state index contributed by atoms with van der Waals surface area (Å²) in [5.74, 6) is -0.0445. The number of nitrogens with zero attached hydrogens (tertiary/aromatic N) is 2. The van der Waals surface area contributed by atoms with Crippen molar-refractivity contribution in [2.24, 2.45) is 0 Å². The zero-order valence-corrected chi connectivity index (χ0v) is 40.8. The molecule has 0 aliphatic rings. The Morgan fingerprint density at radius 3 is 1.20 bits per heavy atom. The highest BCUT2D eigenvalue weighted by atomic mass is 32.2. The van der Waals surface area contributed by atoms with Crippen LogP contribution in [0.2, 0.25) is 0 Å². The number of carbonyl (C=O) groups is 2. The lowest BCUT2D eigenvalue weighted by Crippen LogP contribution is -2.37. The topological polar surface area (TPSA) is 105 Å². The Morgan fingerprint density at radius 2 is 0.797 bits per heavy atom. The van der Waals surface area contributed by atoms with E-state index in [0.29, 0.717) is 19.4 Å².